The molecule has 6 nitrogen and oxygen atoms in total. The van der Waals surface area contributed by atoms with Crippen LogP contribution in [0.2, 0.25) is 5.15 Å². The van der Waals surface area contributed by atoms with Crippen LogP contribution in [0, 0.1) is 6.92 Å². The first-order chi connectivity index (χ1) is 9.90. The van der Waals surface area contributed by atoms with Crippen LogP contribution in [0.4, 0.5) is 5.95 Å². The van der Waals surface area contributed by atoms with E-state index in [2.05, 4.69) is 14.7 Å². The number of hydrogen-bond acceptors (Lipinski definition) is 5. The molecule has 0 aliphatic heterocycles. The van der Waals surface area contributed by atoms with Crippen molar-refractivity contribution >= 4 is 27.6 Å². The van der Waals surface area contributed by atoms with E-state index in [1.165, 1.54) is 18.2 Å². The molecule has 1 N–H and O–H groups in total. The summed E-state index contributed by atoms with van der Waals surface area (Å²) in [6.45, 7) is 4.06. The molecule has 21 heavy (non-hydrogen) atoms. The van der Waals surface area contributed by atoms with Gasteiger partial charge in [-0.15, -0.1) is 0 Å². The molecule has 0 amide bonds. The first-order valence-corrected chi connectivity index (χ1v) is 8.03. The molecule has 0 atom stereocenters. The molecule has 0 radical (unpaired) electrons. The van der Waals surface area contributed by atoms with E-state index in [0.29, 0.717) is 18.1 Å². The maximum Gasteiger partial charge on any atom is 0.264 e. The number of benzene rings is 1. The van der Waals surface area contributed by atoms with Crippen molar-refractivity contribution in [1.29, 1.82) is 0 Å². The van der Waals surface area contributed by atoms with Crippen LogP contribution in [0.25, 0.3) is 0 Å². The molecule has 8 heteroatoms. The number of rotatable bonds is 5. The highest BCUT2D eigenvalue weighted by Crippen LogP contribution is 2.18. The Balaban J connectivity index is 2.25. The number of ether oxygens (including phenoxy) is 1. The van der Waals surface area contributed by atoms with E-state index in [0.717, 1.165) is 0 Å². The lowest BCUT2D eigenvalue weighted by Crippen LogP contribution is -2.15. The van der Waals surface area contributed by atoms with Crippen LogP contribution in [0.1, 0.15) is 12.6 Å². The van der Waals surface area contributed by atoms with Crippen LogP contribution in [-0.2, 0) is 10.0 Å². The summed E-state index contributed by atoms with van der Waals surface area (Å²) in [4.78, 5) is 7.90. The molecule has 0 fully saturated rings. The van der Waals surface area contributed by atoms with Crippen LogP contribution in [0.3, 0.4) is 0 Å². The lowest BCUT2D eigenvalue weighted by atomic mass is 10.3. The van der Waals surface area contributed by atoms with Crippen molar-refractivity contribution < 1.29 is 13.2 Å². The normalized spacial score (nSPS) is 11.2. The van der Waals surface area contributed by atoms with Crippen molar-refractivity contribution in [2.45, 2.75) is 18.7 Å². The molecule has 1 aromatic heterocycles. The fourth-order valence-corrected chi connectivity index (χ4v) is 2.82. The average Bonchev–Trinajstić information content (AvgIpc) is 2.38. The minimum Gasteiger partial charge on any atom is -0.494 e. The number of hydrogen-bond donors (Lipinski definition) is 1. The second-order valence-corrected chi connectivity index (χ2v) is 6.24. The fourth-order valence-electron chi connectivity index (χ4n) is 1.64. The van der Waals surface area contributed by atoms with Crippen molar-refractivity contribution in [2.24, 2.45) is 0 Å². The molecule has 1 heterocycles. The Morgan fingerprint density at radius 3 is 2.48 bits per heavy atom. The summed E-state index contributed by atoms with van der Waals surface area (Å²) in [6.07, 6.45) is 0. The summed E-state index contributed by atoms with van der Waals surface area (Å²) in [6, 6.07) is 7.61. The number of sulfonamides is 1. The third-order valence-electron chi connectivity index (χ3n) is 2.49. The SMILES string of the molecule is CCOc1ccc(S(=O)(=O)Nc2nc(C)cc(Cl)n2)cc1. The number of aromatic nitrogens is 2. The summed E-state index contributed by atoms with van der Waals surface area (Å²) in [7, 11) is -3.77. The number of aryl methyl sites for hydroxylation is 1. The van der Waals surface area contributed by atoms with Crippen molar-refractivity contribution in [1.82, 2.24) is 9.97 Å². The molecule has 1 aromatic carbocycles. The summed E-state index contributed by atoms with van der Waals surface area (Å²) in [5.74, 6) is 0.542. The van der Waals surface area contributed by atoms with E-state index >= 15 is 0 Å². The van der Waals surface area contributed by atoms with Gasteiger partial charge < -0.3 is 4.74 Å². The monoisotopic (exact) mass is 327 g/mol. The highest BCUT2D eigenvalue weighted by atomic mass is 35.5. The zero-order valence-corrected chi connectivity index (χ0v) is 13.1. The van der Waals surface area contributed by atoms with Crippen LogP contribution in [0.15, 0.2) is 35.2 Å². The maximum atomic E-state index is 12.2. The largest absolute Gasteiger partial charge is 0.494 e. The van der Waals surface area contributed by atoms with Gasteiger partial charge in [0.15, 0.2) is 0 Å². The first kappa shape index (κ1) is 15.5. The van der Waals surface area contributed by atoms with Gasteiger partial charge in [0.1, 0.15) is 10.9 Å². The van der Waals surface area contributed by atoms with Gasteiger partial charge in [-0.2, -0.15) is 0 Å². The van der Waals surface area contributed by atoms with Gasteiger partial charge in [0, 0.05) is 5.69 Å². The molecule has 2 aromatic rings. The molecule has 0 aliphatic carbocycles. The smallest absolute Gasteiger partial charge is 0.264 e. The molecule has 0 saturated carbocycles. The van der Waals surface area contributed by atoms with Gasteiger partial charge in [-0.05, 0) is 44.2 Å². The minimum atomic E-state index is -3.77. The van der Waals surface area contributed by atoms with Gasteiger partial charge in [-0.1, -0.05) is 11.6 Å². The second kappa shape index (κ2) is 6.28. The second-order valence-electron chi connectivity index (χ2n) is 4.17. The van der Waals surface area contributed by atoms with E-state index in [9.17, 15) is 8.42 Å². The van der Waals surface area contributed by atoms with Gasteiger partial charge in [-0.3, -0.25) is 0 Å². The average molecular weight is 328 g/mol. The van der Waals surface area contributed by atoms with E-state index in [4.69, 9.17) is 16.3 Å². The number of halogens is 1. The third-order valence-corrected chi connectivity index (χ3v) is 4.03. The lowest BCUT2D eigenvalue weighted by Gasteiger charge is -2.08. The Hall–Kier alpha value is -1.86. The van der Waals surface area contributed by atoms with E-state index in [1.54, 1.807) is 19.1 Å². The zero-order chi connectivity index (χ0) is 15.5. The topological polar surface area (TPSA) is 81.2 Å². The highest BCUT2D eigenvalue weighted by Gasteiger charge is 2.16. The van der Waals surface area contributed by atoms with Gasteiger partial charge >= 0.3 is 0 Å². The van der Waals surface area contributed by atoms with Crippen LogP contribution in [0.5, 0.6) is 5.75 Å². The van der Waals surface area contributed by atoms with Gasteiger partial charge in [0.25, 0.3) is 10.0 Å². The Morgan fingerprint density at radius 2 is 1.90 bits per heavy atom. The summed E-state index contributed by atoms with van der Waals surface area (Å²) in [5.41, 5.74) is 0.569. The van der Waals surface area contributed by atoms with E-state index < -0.39 is 10.0 Å². The van der Waals surface area contributed by atoms with E-state index in [-0.39, 0.29) is 16.0 Å². The number of nitrogens with zero attached hydrogens (tertiary/aromatic N) is 2. The highest BCUT2D eigenvalue weighted by molar-refractivity contribution is 7.92. The molecule has 0 bridgehead atoms. The lowest BCUT2D eigenvalue weighted by molar-refractivity contribution is 0.340. The van der Waals surface area contributed by atoms with Crippen molar-refractivity contribution in [3.05, 3.63) is 41.2 Å². The van der Waals surface area contributed by atoms with E-state index in [1.807, 2.05) is 6.92 Å². The predicted octanol–water partition coefficient (Wildman–Crippen LogP) is 2.64. The molecule has 0 spiro atoms. The molecular weight excluding hydrogens is 314 g/mol. The molecule has 2 rings (SSSR count). The summed E-state index contributed by atoms with van der Waals surface area (Å²) < 4.78 is 32.0. The fraction of sp³-hybridized carbons (Fsp3) is 0.231. The third kappa shape index (κ3) is 4.05. The first-order valence-electron chi connectivity index (χ1n) is 6.17. The minimum absolute atomic E-state index is 0.0612. The quantitative estimate of drug-likeness (QED) is 0.854. The van der Waals surface area contributed by atoms with Crippen LogP contribution < -0.4 is 9.46 Å². The van der Waals surface area contributed by atoms with Crippen molar-refractivity contribution in [3.8, 4) is 5.75 Å². The Bertz CT molecular complexity index is 713. The standard InChI is InChI=1S/C13H14ClN3O3S/c1-3-20-10-4-6-11(7-5-10)21(18,19)17-13-15-9(2)8-12(14)16-13/h4-8H,3H2,1-2H3,(H,15,16,17). The van der Waals surface area contributed by atoms with Crippen molar-refractivity contribution in [3.63, 3.8) is 0 Å². The molecule has 0 saturated heterocycles. The van der Waals surface area contributed by atoms with Gasteiger partial charge in [0.2, 0.25) is 5.95 Å². The Morgan fingerprint density at radius 1 is 1.24 bits per heavy atom. The van der Waals surface area contributed by atoms with Gasteiger partial charge in [0.05, 0.1) is 11.5 Å². The number of anilines is 1. The predicted molar refractivity (Wildman–Crippen MR) is 80.2 cm³/mol. The molecule has 0 aliphatic rings. The maximum absolute atomic E-state index is 12.2. The summed E-state index contributed by atoms with van der Waals surface area (Å²) >= 11 is 5.78. The molecular formula is C13H14ClN3O3S. The van der Waals surface area contributed by atoms with Gasteiger partial charge in [-0.25, -0.2) is 23.1 Å². The van der Waals surface area contributed by atoms with Crippen molar-refractivity contribution in [2.75, 3.05) is 11.3 Å². The number of nitrogens with one attached hydrogen (secondary N) is 1. The van der Waals surface area contributed by atoms with Crippen LogP contribution in [-0.4, -0.2) is 25.0 Å². The zero-order valence-electron chi connectivity index (χ0n) is 11.5. The molecule has 0 unspecified atom stereocenters. The Labute approximate surface area is 128 Å². The Kier molecular flexibility index (Phi) is 4.64. The van der Waals surface area contributed by atoms with Crippen LogP contribution >= 0.6 is 11.6 Å². The molecule has 112 valence electrons. The summed E-state index contributed by atoms with van der Waals surface area (Å²) in [5, 5.41) is 0.173.